The normalized spacial score (nSPS) is 24.7. The predicted molar refractivity (Wildman–Crippen MR) is 71.5 cm³/mol. The van der Waals surface area contributed by atoms with E-state index >= 15 is 0 Å². The van der Waals surface area contributed by atoms with Crippen LogP contribution in [-0.4, -0.2) is 6.29 Å². The molecule has 17 heavy (non-hydrogen) atoms. The minimum absolute atomic E-state index is 0.554. The molecule has 0 saturated heterocycles. The average molecular weight is 228 g/mol. The number of aryl methyl sites for hydroxylation is 1. The fourth-order valence-corrected chi connectivity index (χ4v) is 2.71. The Kier molecular flexibility index (Phi) is 3.46. The molecule has 1 aromatic rings. The van der Waals surface area contributed by atoms with E-state index in [-0.39, 0.29) is 0 Å². The molecule has 1 aromatic carbocycles. The lowest BCUT2D eigenvalue weighted by Gasteiger charge is -2.29. The number of carbonyl (C=O) groups excluding carboxylic acids is 1. The molecule has 1 aliphatic rings. The Morgan fingerprint density at radius 2 is 2.12 bits per heavy atom. The van der Waals surface area contributed by atoms with Gasteiger partial charge in [0.05, 0.1) is 0 Å². The van der Waals surface area contributed by atoms with Gasteiger partial charge in [0.1, 0.15) is 6.29 Å². The van der Waals surface area contributed by atoms with Gasteiger partial charge < -0.3 is 0 Å². The molecule has 1 aliphatic carbocycles. The zero-order chi connectivity index (χ0) is 12.4. The van der Waals surface area contributed by atoms with Gasteiger partial charge in [-0.1, -0.05) is 31.2 Å². The van der Waals surface area contributed by atoms with E-state index in [1.165, 1.54) is 29.5 Å². The van der Waals surface area contributed by atoms with Crippen molar-refractivity contribution in [3.05, 3.63) is 47.0 Å². The Labute approximate surface area is 104 Å². The molecular formula is C16H20O. The van der Waals surface area contributed by atoms with Crippen LogP contribution in [0, 0.1) is 12.8 Å². The third-order valence-electron chi connectivity index (χ3n) is 4.03. The topological polar surface area (TPSA) is 17.1 Å². The van der Waals surface area contributed by atoms with Gasteiger partial charge in [-0.2, -0.15) is 0 Å². The first-order valence-electron chi connectivity index (χ1n) is 6.35. The second kappa shape index (κ2) is 4.87. The average Bonchev–Trinajstić information content (AvgIpc) is 2.33. The molecule has 0 aromatic heterocycles. The van der Waals surface area contributed by atoms with Crippen LogP contribution in [0.2, 0.25) is 0 Å². The minimum atomic E-state index is 0.554. The van der Waals surface area contributed by atoms with E-state index in [0.717, 1.165) is 18.3 Å². The summed E-state index contributed by atoms with van der Waals surface area (Å²) in [5.74, 6) is 1.21. The Morgan fingerprint density at radius 3 is 2.76 bits per heavy atom. The van der Waals surface area contributed by atoms with Crippen LogP contribution >= 0.6 is 0 Å². The van der Waals surface area contributed by atoms with Crippen molar-refractivity contribution in [1.29, 1.82) is 0 Å². The fraction of sp³-hybridized carbons (Fsp3) is 0.438. The molecule has 0 amide bonds. The molecule has 1 saturated carbocycles. The van der Waals surface area contributed by atoms with Crippen LogP contribution < -0.4 is 0 Å². The highest BCUT2D eigenvalue weighted by molar-refractivity contribution is 5.75. The molecule has 90 valence electrons. The van der Waals surface area contributed by atoms with Crippen LogP contribution in [0.4, 0.5) is 0 Å². The third kappa shape index (κ3) is 2.49. The van der Waals surface area contributed by atoms with E-state index in [0.29, 0.717) is 11.8 Å². The largest absolute Gasteiger partial charge is 0.298 e. The van der Waals surface area contributed by atoms with Crippen molar-refractivity contribution in [2.45, 2.75) is 39.0 Å². The molecule has 2 unspecified atom stereocenters. The van der Waals surface area contributed by atoms with Gasteiger partial charge in [-0.25, -0.2) is 0 Å². The number of allylic oxidation sites excluding steroid dienone is 1. The summed E-state index contributed by atoms with van der Waals surface area (Å²) in [6.45, 7) is 8.56. The maximum Gasteiger partial charge on any atom is 0.150 e. The summed E-state index contributed by atoms with van der Waals surface area (Å²) >= 11 is 0. The molecule has 1 heteroatoms. The summed E-state index contributed by atoms with van der Waals surface area (Å²) in [6, 6.07) is 6.00. The van der Waals surface area contributed by atoms with Gasteiger partial charge >= 0.3 is 0 Å². The van der Waals surface area contributed by atoms with E-state index in [9.17, 15) is 4.79 Å². The maximum atomic E-state index is 10.9. The highest BCUT2D eigenvalue weighted by Gasteiger charge is 2.23. The van der Waals surface area contributed by atoms with Gasteiger partial charge in [0.25, 0.3) is 0 Å². The van der Waals surface area contributed by atoms with Crippen LogP contribution in [0.5, 0.6) is 0 Å². The Hall–Kier alpha value is -1.37. The van der Waals surface area contributed by atoms with Crippen molar-refractivity contribution in [3.8, 4) is 0 Å². The second-order valence-electron chi connectivity index (χ2n) is 5.27. The van der Waals surface area contributed by atoms with Gasteiger partial charge in [-0.05, 0) is 55.2 Å². The summed E-state index contributed by atoms with van der Waals surface area (Å²) in [4.78, 5) is 10.9. The molecule has 2 atom stereocenters. The van der Waals surface area contributed by atoms with E-state index in [4.69, 9.17) is 0 Å². The summed E-state index contributed by atoms with van der Waals surface area (Å²) in [7, 11) is 0. The zero-order valence-electron chi connectivity index (χ0n) is 10.7. The SMILES string of the molecule is C=C1CC(c2cc(C=O)ccc2C)CCC1C. The van der Waals surface area contributed by atoms with Crippen molar-refractivity contribution in [1.82, 2.24) is 0 Å². The Bertz CT molecular complexity index is 445. The van der Waals surface area contributed by atoms with Crippen molar-refractivity contribution < 1.29 is 4.79 Å². The predicted octanol–water partition coefficient (Wildman–Crippen LogP) is 4.27. The van der Waals surface area contributed by atoms with Gasteiger partial charge in [0, 0.05) is 5.56 Å². The molecular weight excluding hydrogens is 208 g/mol. The second-order valence-corrected chi connectivity index (χ2v) is 5.27. The van der Waals surface area contributed by atoms with E-state index < -0.39 is 0 Å². The smallest absolute Gasteiger partial charge is 0.150 e. The lowest BCUT2D eigenvalue weighted by atomic mass is 9.75. The first-order chi connectivity index (χ1) is 8.11. The first-order valence-corrected chi connectivity index (χ1v) is 6.35. The molecule has 1 nitrogen and oxygen atoms in total. The fourth-order valence-electron chi connectivity index (χ4n) is 2.71. The Balaban J connectivity index is 2.27. The lowest BCUT2D eigenvalue weighted by molar-refractivity contribution is 0.112. The van der Waals surface area contributed by atoms with Gasteiger partial charge in [0.2, 0.25) is 0 Å². The number of hydrogen-bond donors (Lipinski definition) is 0. The summed E-state index contributed by atoms with van der Waals surface area (Å²) in [5, 5.41) is 0. The summed E-state index contributed by atoms with van der Waals surface area (Å²) in [5.41, 5.74) is 4.78. The van der Waals surface area contributed by atoms with Crippen molar-refractivity contribution in [2.24, 2.45) is 5.92 Å². The first kappa shape index (κ1) is 12.1. The van der Waals surface area contributed by atoms with Crippen molar-refractivity contribution in [2.75, 3.05) is 0 Å². The van der Waals surface area contributed by atoms with E-state index in [2.05, 4.69) is 32.6 Å². The maximum absolute atomic E-state index is 10.9. The molecule has 0 bridgehead atoms. The molecule has 0 N–H and O–H groups in total. The van der Waals surface area contributed by atoms with E-state index in [1.54, 1.807) is 0 Å². The highest BCUT2D eigenvalue weighted by atomic mass is 16.1. The number of hydrogen-bond acceptors (Lipinski definition) is 1. The molecule has 0 heterocycles. The van der Waals surface area contributed by atoms with Crippen molar-refractivity contribution >= 4 is 6.29 Å². The zero-order valence-corrected chi connectivity index (χ0v) is 10.7. The minimum Gasteiger partial charge on any atom is -0.298 e. The molecule has 2 rings (SSSR count). The van der Waals surface area contributed by atoms with Gasteiger partial charge in [-0.3, -0.25) is 4.79 Å². The van der Waals surface area contributed by atoms with Crippen LogP contribution in [0.3, 0.4) is 0 Å². The molecule has 1 fully saturated rings. The number of benzene rings is 1. The lowest BCUT2D eigenvalue weighted by Crippen LogP contribution is -2.14. The standard InChI is InChI=1S/C16H20O/c1-11-5-7-15(8-13(11)3)16-9-14(10-17)6-4-12(16)2/h4,6,9-11,15H,3,5,7-8H2,1-2H3. The van der Waals surface area contributed by atoms with Crippen LogP contribution in [0.25, 0.3) is 0 Å². The quantitative estimate of drug-likeness (QED) is 0.546. The van der Waals surface area contributed by atoms with Crippen LogP contribution in [-0.2, 0) is 0 Å². The number of rotatable bonds is 2. The van der Waals surface area contributed by atoms with Crippen molar-refractivity contribution in [3.63, 3.8) is 0 Å². The van der Waals surface area contributed by atoms with E-state index in [1.807, 2.05) is 6.07 Å². The molecule has 0 radical (unpaired) electrons. The molecule has 0 spiro atoms. The van der Waals surface area contributed by atoms with Crippen LogP contribution in [0.1, 0.15) is 53.6 Å². The Morgan fingerprint density at radius 1 is 1.35 bits per heavy atom. The monoisotopic (exact) mass is 228 g/mol. The number of carbonyl (C=O) groups is 1. The van der Waals surface area contributed by atoms with Gasteiger partial charge in [-0.15, -0.1) is 0 Å². The molecule has 0 aliphatic heterocycles. The van der Waals surface area contributed by atoms with Crippen LogP contribution in [0.15, 0.2) is 30.4 Å². The highest BCUT2D eigenvalue weighted by Crippen LogP contribution is 2.39. The number of aldehydes is 1. The van der Waals surface area contributed by atoms with Gasteiger partial charge in [0.15, 0.2) is 0 Å². The summed E-state index contributed by atoms with van der Waals surface area (Å²) < 4.78 is 0. The third-order valence-corrected chi connectivity index (χ3v) is 4.03. The summed E-state index contributed by atoms with van der Waals surface area (Å²) in [6.07, 6.45) is 4.44.